The summed E-state index contributed by atoms with van der Waals surface area (Å²) in [5.41, 5.74) is 2.31. The number of aromatic nitrogens is 2. The highest BCUT2D eigenvalue weighted by molar-refractivity contribution is 5.81. The monoisotopic (exact) mass is 423 g/mol. The molecule has 2 aromatic heterocycles. The predicted octanol–water partition coefficient (Wildman–Crippen LogP) is 0.250. The van der Waals surface area contributed by atoms with Gasteiger partial charge in [-0.1, -0.05) is 36.4 Å². The van der Waals surface area contributed by atoms with Crippen molar-refractivity contribution < 1.29 is 31.2 Å². The zero-order chi connectivity index (χ0) is 18.1. The van der Waals surface area contributed by atoms with E-state index >= 15 is 0 Å². The Morgan fingerprint density at radius 2 is 1.07 bits per heavy atom. The molecule has 2 aromatic carbocycles. The zero-order valence-electron chi connectivity index (χ0n) is 15.6. The lowest BCUT2D eigenvalue weighted by Crippen LogP contribution is -3.00. The van der Waals surface area contributed by atoms with Crippen LogP contribution in [0.25, 0.3) is 21.5 Å². The summed E-state index contributed by atoms with van der Waals surface area (Å²) >= 11 is 0. The van der Waals surface area contributed by atoms with Crippen LogP contribution < -0.4 is 26.1 Å². The lowest BCUT2D eigenvalue weighted by atomic mass is 10.1. The van der Waals surface area contributed by atoms with Gasteiger partial charge in [-0.2, -0.15) is 9.13 Å². The molecular formula is C23H24BrN2O+. The minimum absolute atomic E-state index is 0. The van der Waals surface area contributed by atoms with Gasteiger partial charge in [0, 0.05) is 36.8 Å². The maximum absolute atomic E-state index is 10.7. The summed E-state index contributed by atoms with van der Waals surface area (Å²) in [7, 11) is 0. The van der Waals surface area contributed by atoms with Gasteiger partial charge in [0.2, 0.25) is 0 Å². The van der Waals surface area contributed by atoms with Crippen LogP contribution in [0, 0.1) is 13.8 Å². The Labute approximate surface area is 170 Å². The van der Waals surface area contributed by atoms with Gasteiger partial charge in [0.15, 0.2) is 43.0 Å². The third-order valence-corrected chi connectivity index (χ3v) is 5.03. The second-order valence-corrected chi connectivity index (χ2v) is 7.05. The van der Waals surface area contributed by atoms with E-state index in [1.807, 2.05) is 12.1 Å². The van der Waals surface area contributed by atoms with Gasteiger partial charge in [-0.3, -0.25) is 0 Å². The molecule has 4 heteroatoms. The molecule has 138 valence electrons. The quantitative estimate of drug-likeness (QED) is 0.468. The van der Waals surface area contributed by atoms with Crippen molar-refractivity contribution in [3.63, 3.8) is 0 Å². The van der Waals surface area contributed by atoms with E-state index < -0.39 is 6.10 Å². The molecule has 2 heterocycles. The van der Waals surface area contributed by atoms with Crippen LogP contribution in [0.2, 0.25) is 0 Å². The van der Waals surface area contributed by atoms with Crippen LogP contribution in [-0.2, 0) is 13.1 Å². The van der Waals surface area contributed by atoms with Crippen LogP contribution in [0.4, 0.5) is 0 Å². The maximum Gasteiger partial charge on any atom is 0.180 e. The molecule has 0 bridgehead atoms. The number of nitrogens with zero attached hydrogens (tertiary/aromatic N) is 2. The van der Waals surface area contributed by atoms with Crippen molar-refractivity contribution in [2.75, 3.05) is 0 Å². The van der Waals surface area contributed by atoms with Crippen molar-refractivity contribution in [2.45, 2.75) is 33.0 Å². The molecule has 0 saturated carbocycles. The minimum Gasteiger partial charge on any atom is -1.00 e. The van der Waals surface area contributed by atoms with E-state index in [9.17, 15) is 5.11 Å². The van der Waals surface area contributed by atoms with E-state index in [1.54, 1.807) is 0 Å². The van der Waals surface area contributed by atoms with Gasteiger partial charge in [0.1, 0.15) is 0 Å². The van der Waals surface area contributed by atoms with E-state index in [1.165, 1.54) is 21.5 Å². The molecule has 0 unspecified atom stereocenters. The highest BCUT2D eigenvalue weighted by Gasteiger charge is 2.20. The number of hydrogen-bond acceptors (Lipinski definition) is 1. The van der Waals surface area contributed by atoms with Gasteiger partial charge in [0.05, 0.1) is 0 Å². The first-order chi connectivity index (χ1) is 12.6. The first kappa shape index (κ1) is 19.5. The smallest absolute Gasteiger partial charge is 0.180 e. The molecule has 0 aliphatic rings. The maximum atomic E-state index is 10.7. The number of hydrogen-bond donors (Lipinski definition) is 1. The molecule has 0 saturated heterocycles. The second-order valence-electron chi connectivity index (χ2n) is 7.05. The molecule has 0 aliphatic heterocycles. The van der Waals surface area contributed by atoms with Crippen LogP contribution in [0.5, 0.6) is 0 Å². The number of fused-ring (bicyclic) bond motifs is 2. The third-order valence-electron chi connectivity index (χ3n) is 5.03. The first-order valence-corrected chi connectivity index (χ1v) is 9.06. The Balaban J connectivity index is 0.00000210. The highest BCUT2D eigenvalue weighted by atomic mass is 79.9. The fraction of sp³-hybridized carbons (Fsp3) is 0.217. The number of aryl methyl sites for hydroxylation is 2. The number of halogens is 1. The first-order valence-electron chi connectivity index (χ1n) is 9.06. The van der Waals surface area contributed by atoms with Crippen molar-refractivity contribution in [1.29, 1.82) is 0 Å². The Morgan fingerprint density at radius 1 is 0.704 bits per heavy atom. The van der Waals surface area contributed by atoms with Crippen LogP contribution in [0.1, 0.15) is 11.4 Å². The zero-order valence-corrected chi connectivity index (χ0v) is 17.2. The second kappa shape index (κ2) is 8.15. The van der Waals surface area contributed by atoms with E-state index in [-0.39, 0.29) is 17.0 Å². The number of aliphatic hydroxyl groups is 1. The SMILES string of the molecule is Cc1cc2ccccc2c[n+]1CC(O)C[n+]1cc2ccccc2cc1C.[Br-]. The summed E-state index contributed by atoms with van der Waals surface area (Å²) in [6.45, 7) is 5.34. The highest BCUT2D eigenvalue weighted by Crippen LogP contribution is 2.13. The molecule has 27 heavy (non-hydrogen) atoms. The molecule has 0 radical (unpaired) electrons. The molecule has 0 fully saturated rings. The summed E-state index contributed by atoms with van der Waals surface area (Å²) in [4.78, 5) is 0. The summed E-state index contributed by atoms with van der Waals surface area (Å²) in [6.07, 6.45) is 3.81. The van der Waals surface area contributed by atoms with Crippen molar-refractivity contribution in [1.82, 2.24) is 0 Å². The Hall–Kier alpha value is -2.30. The van der Waals surface area contributed by atoms with Gasteiger partial charge < -0.3 is 22.1 Å². The molecule has 1 N–H and O–H groups in total. The summed E-state index contributed by atoms with van der Waals surface area (Å²) in [5, 5.41) is 15.6. The minimum atomic E-state index is -0.454. The predicted molar refractivity (Wildman–Crippen MR) is 104 cm³/mol. The average Bonchev–Trinajstić information content (AvgIpc) is 2.63. The molecule has 3 nitrogen and oxygen atoms in total. The van der Waals surface area contributed by atoms with Crippen molar-refractivity contribution in [3.05, 3.63) is 84.4 Å². The summed E-state index contributed by atoms with van der Waals surface area (Å²) < 4.78 is 4.29. The lowest BCUT2D eigenvalue weighted by Gasteiger charge is -2.09. The molecule has 4 aromatic rings. The van der Waals surface area contributed by atoms with Gasteiger partial charge in [-0.05, 0) is 22.9 Å². The number of aliphatic hydroxyl groups excluding tert-OH is 1. The van der Waals surface area contributed by atoms with Gasteiger partial charge in [-0.15, -0.1) is 0 Å². The van der Waals surface area contributed by atoms with E-state index in [0.29, 0.717) is 13.1 Å². The topological polar surface area (TPSA) is 28.0 Å². The normalized spacial score (nSPS) is 11.1. The van der Waals surface area contributed by atoms with Crippen LogP contribution in [-0.4, -0.2) is 11.2 Å². The largest absolute Gasteiger partial charge is 1.00 e. The van der Waals surface area contributed by atoms with Crippen molar-refractivity contribution in [2.24, 2.45) is 0 Å². The van der Waals surface area contributed by atoms with Crippen molar-refractivity contribution in [3.8, 4) is 0 Å². The van der Waals surface area contributed by atoms with E-state index in [2.05, 4.69) is 83.9 Å². The third kappa shape index (κ3) is 4.18. The number of rotatable bonds is 4. The van der Waals surface area contributed by atoms with Gasteiger partial charge >= 0.3 is 0 Å². The number of benzene rings is 2. The Bertz CT molecular complexity index is 1010. The lowest BCUT2D eigenvalue weighted by molar-refractivity contribution is -0.741. The van der Waals surface area contributed by atoms with Crippen LogP contribution in [0.15, 0.2) is 73.1 Å². The average molecular weight is 424 g/mol. The molecule has 4 rings (SSSR count). The van der Waals surface area contributed by atoms with Crippen LogP contribution >= 0.6 is 0 Å². The molecular weight excluding hydrogens is 400 g/mol. The van der Waals surface area contributed by atoms with Gasteiger partial charge in [0.25, 0.3) is 0 Å². The van der Waals surface area contributed by atoms with E-state index in [0.717, 1.165) is 11.4 Å². The Morgan fingerprint density at radius 3 is 1.48 bits per heavy atom. The fourth-order valence-electron chi connectivity index (χ4n) is 3.58. The molecule has 0 spiro atoms. The fourth-order valence-corrected chi connectivity index (χ4v) is 3.58. The Kier molecular flexibility index (Phi) is 5.88. The standard InChI is InChI=1S/C23H24N2O.BrH/c1-17-11-19-7-3-5-9-21(19)13-24(17)15-23(26)16-25-14-22-10-6-4-8-20(22)12-18(25)2;/h3-14,23,26H,15-16H2,1-2H3;1H/q+2;/p-1. The molecule has 0 aliphatic carbocycles. The molecule has 0 atom stereocenters. The molecule has 0 amide bonds. The summed E-state index contributed by atoms with van der Waals surface area (Å²) in [5.74, 6) is 0. The van der Waals surface area contributed by atoms with Crippen LogP contribution in [0.3, 0.4) is 0 Å². The van der Waals surface area contributed by atoms with Gasteiger partial charge in [-0.25, -0.2) is 0 Å². The van der Waals surface area contributed by atoms with E-state index in [4.69, 9.17) is 0 Å². The summed E-state index contributed by atoms with van der Waals surface area (Å²) in [6, 6.07) is 21.0. The van der Waals surface area contributed by atoms with Crippen molar-refractivity contribution >= 4 is 21.5 Å². The number of pyridine rings is 2.